The zero-order valence-corrected chi connectivity index (χ0v) is 11.2. The number of hydrogen-bond donors (Lipinski definition) is 1. The van der Waals surface area contributed by atoms with E-state index >= 15 is 0 Å². The monoisotopic (exact) mass is 235 g/mol. The van der Waals surface area contributed by atoms with Gasteiger partial charge in [0.2, 0.25) is 0 Å². The Morgan fingerprint density at radius 1 is 1.24 bits per heavy atom. The molecule has 2 rings (SSSR count). The molecule has 96 valence electrons. The molecule has 0 aromatic carbocycles. The number of imidazole rings is 1. The first-order valence-corrected chi connectivity index (χ1v) is 6.99. The van der Waals surface area contributed by atoms with Crippen molar-refractivity contribution < 1.29 is 0 Å². The molecule has 0 bridgehead atoms. The van der Waals surface area contributed by atoms with E-state index in [1.165, 1.54) is 44.2 Å². The summed E-state index contributed by atoms with van der Waals surface area (Å²) >= 11 is 0. The van der Waals surface area contributed by atoms with Crippen LogP contribution >= 0.6 is 0 Å². The second-order valence-corrected chi connectivity index (χ2v) is 5.25. The zero-order valence-electron chi connectivity index (χ0n) is 11.2. The van der Waals surface area contributed by atoms with Crippen molar-refractivity contribution in [3.8, 4) is 0 Å². The normalized spacial score (nSPS) is 18.2. The average Bonchev–Trinajstić information content (AvgIpc) is 2.58. The van der Waals surface area contributed by atoms with Gasteiger partial charge in [-0.25, -0.2) is 4.98 Å². The molecule has 1 fully saturated rings. The van der Waals surface area contributed by atoms with Crippen LogP contribution in [-0.2, 0) is 6.54 Å². The first-order chi connectivity index (χ1) is 8.27. The smallest absolute Gasteiger partial charge is 0.0951 e. The summed E-state index contributed by atoms with van der Waals surface area (Å²) in [6, 6.07) is 0.752. The van der Waals surface area contributed by atoms with E-state index in [9.17, 15) is 0 Å². The van der Waals surface area contributed by atoms with Crippen molar-refractivity contribution >= 4 is 0 Å². The first-order valence-electron chi connectivity index (χ1n) is 6.99. The number of aryl methyl sites for hydroxylation is 1. The molecule has 3 heteroatoms. The summed E-state index contributed by atoms with van der Waals surface area (Å²) in [5.74, 6) is 0. The first kappa shape index (κ1) is 12.6. The topological polar surface area (TPSA) is 29.9 Å². The van der Waals surface area contributed by atoms with Crippen LogP contribution in [0.2, 0.25) is 0 Å². The molecule has 0 aliphatic heterocycles. The lowest BCUT2D eigenvalue weighted by Crippen LogP contribution is -2.31. The van der Waals surface area contributed by atoms with Crippen LogP contribution in [0, 0.1) is 13.8 Å². The summed E-state index contributed by atoms with van der Waals surface area (Å²) in [6.45, 7) is 6.34. The third kappa shape index (κ3) is 3.56. The van der Waals surface area contributed by atoms with Crippen LogP contribution in [0.3, 0.4) is 0 Å². The molecule has 0 atom stereocenters. The standard InChI is InChI=1S/C14H25N3/c1-12-13(2)17(11-16-12)10-9-15-14-7-5-3-4-6-8-14/h11,14-15H,3-10H2,1-2H3. The molecule has 1 aromatic rings. The Kier molecular flexibility index (Phi) is 4.60. The minimum atomic E-state index is 0.752. The van der Waals surface area contributed by atoms with E-state index in [-0.39, 0.29) is 0 Å². The lowest BCUT2D eigenvalue weighted by atomic mass is 10.1. The zero-order chi connectivity index (χ0) is 12.1. The Bertz CT molecular complexity index is 335. The molecule has 1 aliphatic rings. The molecule has 1 aromatic heterocycles. The lowest BCUT2D eigenvalue weighted by molar-refractivity contribution is 0.444. The molecule has 0 saturated heterocycles. The summed E-state index contributed by atoms with van der Waals surface area (Å²) < 4.78 is 2.25. The van der Waals surface area contributed by atoms with E-state index in [1.807, 2.05) is 6.33 Å². The van der Waals surface area contributed by atoms with Gasteiger partial charge < -0.3 is 9.88 Å². The molecule has 17 heavy (non-hydrogen) atoms. The van der Waals surface area contributed by atoms with Gasteiger partial charge in [-0.2, -0.15) is 0 Å². The number of nitrogens with zero attached hydrogens (tertiary/aromatic N) is 2. The van der Waals surface area contributed by atoms with Crippen molar-refractivity contribution in [1.29, 1.82) is 0 Å². The molecule has 0 unspecified atom stereocenters. The van der Waals surface area contributed by atoms with Crippen molar-refractivity contribution in [2.24, 2.45) is 0 Å². The molecule has 3 nitrogen and oxygen atoms in total. The van der Waals surface area contributed by atoms with Gasteiger partial charge in [0.25, 0.3) is 0 Å². The quantitative estimate of drug-likeness (QED) is 0.813. The maximum absolute atomic E-state index is 4.33. The fourth-order valence-electron chi connectivity index (χ4n) is 2.64. The Morgan fingerprint density at radius 2 is 1.94 bits per heavy atom. The van der Waals surface area contributed by atoms with Gasteiger partial charge in [-0.1, -0.05) is 25.7 Å². The van der Waals surface area contributed by atoms with E-state index in [2.05, 4.69) is 28.7 Å². The maximum Gasteiger partial charge on any atom is 0.0951 e. The van der Waals surface area contributed by atoms with Crippen molar-refractivity contribution in [2.75, 3.05) is 6.54 Å². The van der Waals surface area contributed by atoms with E-state index in [0.29, 0.717) is 0 Å². The van der Waals surface area contributed by atoms with Crippen LogP contribution in [0.1, 0.15) is 49.9 Å². The molecule has 0 amide bonds. The molecule has 1 saturated carbocycles. The van der Waals surface area contributed by atoms with Crippen LogP contribution in [0.5, 0.6) is 0 Å². The van der Waals surface area contributed by atoms with Crippen LogP contribution in [0.25, 0.3) is 0 Å². The fraction of sp³-hybridized carbons (Fsp3) is 0.786. The number of nitrogens with one attached hydrogen (secondary N) is 1. The van der Waals surface area contributed by atoms with Crippen molar-refractivity contribution in [3.63, 3.8) is 0 Å². The minimum Gasteiger partial charge on any atom is -0.333 e. The molecule has 1 N–H and O–H groups in total. The largest absolute Gasteiger partial charge is 0.333 e. The highest BCUT2D eigenvalue weighted by Crippen LogP contribution is 2.17. The number of rotatable bonds is 4. The summed E-state index contributed by atoms with van der Waals surface area (Å²) in [7, 11) is 0. The summed E-state index contributed by atoms with van der Waals surface area (Å²) in [5.41, 5.74) is 2.45. The molecular formula is C14H25N3. The van der Waals surface area contributed by atoms with E-state index in [1.54, 1.807) is 0 Å². The molecular weight excluding hydrogens is 210 g/mol. The van der Waals surface area contributed by atoms with Crippen molar-refractivity contribution in [3.05, 3.63) is 17.7 Å². The average molecular weight is 235 g/mol. The van der Waals surface area contributed by atoms with Crippen LogP contribution in [0.4, 0.5) is 0 Å². The number of hydrogen-bond acceptors (Lipinski definition) is 2. The van der Waals surface area contributed by atoms with Crippen LogP contribution in [-0.4, -0.2) is 22.1 Å². The van der Waals surface area contributed by atoms with Gasteiger partial charge in [-0.3, -0.25) is 0 Å². The Labute approximate surface area is 105 Å². The van der Waals surface area contributed by atoms with Gasteiger partial charge in [-0.15, -0.1) is 0 Å². The minimum absolute atomic E-state index is 0.752. The Balaban J connectivity index is 1.73. The van der Waals surface area contributed by atoms with Crippen molar-refractivity contribution in [2.45, 2.75) is 65.0 Å². The van der Waals surface area contributed by atoms with Gasteiger partial charge in [-0.05, 0) is 26.7 Å². The predicted octanol–water partition coefficient (Wildman–Crippen LogP) is 2.81. The predicted molar refractivity (Wildman–Crippen MR) is 71.2 cm³/mol. The second-order valence-electron chi connectivity index (χ2n) is 5.25. The van der Waals surface area contributed by atoms with Gasteiger partial charge in [0, 0.05) is 24.8 Å². The van der Waals surface area contributed by atoms with E-state index in [4.69, 9.17) is 0 Å². The third-order valence-corrected chi connectivity index (χ3v) is 3.99. The maximum atomic E-state index is 4.33. The van der Waals surface area contributed by atoms with Crippen molar-refractivity contribution in [1.82, 2.24) is 14.9 Å². The van der Waals surface area contributed by atoms with Crippen LogP contribution < -0.4 is 5.32 Å². The summed E-state index contributed by atoms with van der Waals surface area (Å²) in [5, 5.41) is 3.70. The number of aromatic nitrogens is 2. The highest BCUT2D eigenvalue weighted by molar-refractivity contribution is 5.08. The second kappa shape index (κ2) is 6.20. The van der Waals surface area contributed by atoms with Gasteiger partial charge in [0.05, 0.1) is 12.0 Å². The Morgan fingerprint density at radius 3 is 2.53 bits per heavy atom. The summed E-state index contributed by atoms with van der Waals surface area (Å²) in [4.78, 5) is 4.33. The lowest BCUT2D eigenvalue weighted by Gasteiger charge is -2.16. The highest BCUT2D eigenvalue weighted by Gasteiger charge is 2.11. The molecule has 1 heterocycles. The van der Waals surface area contributed by atoms with Gasteiger partial charge >= 0.3 is 0 Å². The molecule has 1 aliphatic carbocycles. The van der Waals surface area contributed by atoms with E-state index < -0.39 is 0 Å². The third-order valence-electron chi connectivity index (χ3n) is 3.99. The SMILES string of the molecule is Cc1ncn(CCNC2CCCCCC2)c1C. The molecule has 0 spiro atoms. The fourth-order valence-corrected chi connectivity index (χ4v) is 2.64. The highest BCUT2D eigenvalue weighted by atomic mass is 15.1. The molecule has 0 radical (unpaired) electrons. The Hall–Kier alpha value is -0.830. The van der Waals surface area contributed by atoms with Crippen LogP contribution in [0.15, 0.2) is 6.33 Å². The van der Waals surface area contributed by atoms with Gasteiger partial charge in [0.1, 0.15) is 0 Å². The van der Waals surface area contributed by atoms with Gasteiger partial charge in [0.15, 0.2) is 0 Å². The van der Waals surface area contributed by atoms with E-state index in [0.717, 1.165) is 24.8 Å². The summed E-state index contributed by atoms with van der Waals surface area (Å²) in [6.07, 6.45) is 10.3.